The Morgan fingerprint density at radius 3 is 2.25 bits per heavy atom. The van der Waals surface area contributed by atoms with Crippen LogP contribution in [0.3, 0.4) is 0 Å². The summed E-state index contributed by atoms with van der Waals surface area (Å²) in [6.07, 6.45) is 21.5. The summed E-state index contributed by atoms with van der Waals surface area (Å²) in [6.45, 7) is 20.0. The Balaban J connectivity index is 1.74. The molecule has 0 nitrogen and oxygen atoms in total. The predicted octanol–water partition coefficient (Wildman–Crippen LogP) is 10.5. The molecule has 0 aliphatic heterocycles. The van der Waals surface area contributed by atoms with E-state index >= 15 is 0 Å². The molecule has 0 heteroatoms. The maximum Gasteiger partial charge on any atom is -0.00878 e. The first kappa shape index (κ1) is 26.3. The van der Waals surface area contributed by atoms with Crippen LogP contribution in [0.4, 0.5) is 0 Å². The van der Waals surface area contributed by atoms with Crippen LogP contribution in [0, 0.1) is 52.3 Å². The highest BCUT2D eigenvalue weighted by atomic mass is 14.6. The summed E-state index contributed by atoms with van der Waals surface area (Å²) >= 11 is 0. The molecule has 0 saturated heterocycles. The standard InChI is InChI=1S/C32H58/c1-9-24(6)22-26-16-17-27-29-19-18-28(25(10-2)15-13-12-14-23(4)5)32(29,8)21-20-30(27)31(26,7)11-3/h16,23-25,27-30H,9-15,17-22H2,1-8H3. The minimum atomic E-state index is 0.465. The van der Waals surface area contributed by atoms with E-state index in [1.54, 1.807) is 0 Å². The number of hydrogen-bond donors (Lipinski definition) is 0. The van der Waals surface area contributed by atoms with Gasteiger partial charge in [-0.3, -0.25) is 0 Å². The number of fused-ring (bicyclic) bond motifs is 3. The fourth-order valence-corrected chi connectivity index (χ4v) is 8.95. The summed E-state index contributed by atoms with van der Waals surface area (Å²) in [5.74, 6) is 6.58. The molecule has 2 saturated carbocycles. The Labute approximate surface area is 202 Å². The molecule has 0 aromatic carbocycles. The Morgan fingerprint density at radius 2 is 1.62 bits per heavy atom. The average Bonchev–Trinajstić information content (AvgIpc) is 3.12. The predicted molar refractivity (Wildman–Crippen MR) is 143 cm³/mol. The molecule has 3 aliphatic rings. The van der Waals surface area contributed by atoms with Crippen molar-refractivity contribution in [2.45, 2.75) is 139 Å². The molecule has 0 amide bonds. The van der Waals surface area contributed by atoms with Gasteiger partial charge in [-0.1, -0.05) is 106 Å². The van der Waals surface area contributed by atoms with Gasteiger partial charge >= 0.3 is 0 Å². The first-order chi connectivity index (χ1) is 15.2. The molecule has 186 valence electrons. The van der Waals surface area contributed by atoms with Gasteiger partial charge < -0.3 is 0 Å². The highest BCUT2D eigenvalue weighted by Gasteiger charge is 2.58. The van der Waals surface area contributed by atoms with Crippen LogP contribution < -0.4 is 0 Å². The van der Waals surface area contributed by atoms with Crippen LogP contribution in [0.5, 0.6) is 0 Å². The summed E-state index contributed by atoms with van der Waals surface area (Å²) < 4.78 is 0. The zero-order valence-electron chi connectivity index (χ0n) is 23.3. The van der Waals surface area contributed by atoms with Crippen molar-refractivity contribution in [3.05, 3.63) is 11.6 Å². The lowest BCUT2D eigenvalue weighted by molar-refractivity contribution is -0.0478. The maximum atomic E-state index is 2.76. The van der Waals surface area contributed by atoms with Crippen LogP contribution in [-0.4, -0.2) is 0 Å². The quantitative estimate of drug-likeness (QED) is 0.220. The summed E-state index contributed by atoms with van der Waals surface area (Å²) in [5.41, 5.74) is 2.92. The van der Waals surface area contributed by atoms with Crippen molar-refractivity contribution in [3.63, 3.8) is 0 Å². The third-order valence-electron chi connectivity index (χ3n) is 11.4. The van der Waals surface area contributed by atoms with Crippen LogP contribution >= 0.6 is 0 Å². The van der Waals surface area contributed by atoms with Gasteiger partial charge in [0.25, 0.3) is 0 Å². The van der Waals surface area contributed by atoms with Crippen molar-refractivity contribution >= 4 is 0 Å². The molecule has 3 rings (SSSR count). The van der Waals surface area contributed by atoms with Crippen molar-refractivity contribution in [2.24, 2.45) is 52.3 Å². The molecule has 0 bridgehead atoms. The summed E-state index contributed by atoms with van der Waals surface area (Å²) in [5, 5.41) is 0. The van der Waals surface area contributed by atoms with Crippen molar-refractivity contribution in [1.29, 1.82) is 0 Å². The Kier molecular flexibility index (Phi) is 9.05. The Bertz CT molecular complexity index is 614. The van der Waals surface area contributed by atoms with E-state index in [0.29, 0.717) is 10.8 Å². The van der Waals surface area contributed by atoms with E-state index < -0.39 is 0 Å². The van der Waals surface area contributed by atoms with Crippen LogP contribution in [-0.2, 0) is 0 Å². The van der Waals surface area contributed by atoms with Gasteiger partial charge in [-0.05, 0) is 97.2 Å². The fraction of sp³-hybridized carbons (Fsp3) is 0.938. The van der Waals surface area contributed by atoms with Crippen molar-refractivity contribution in [2.75, 3.05) is 0 Å². The van der Waals surface area contributed by atoms with Crippen LogP contribution in [0.15, 0.2) is 11.6 Å². The lowest BCUT2D eigenvalue weighted by atomic mass is 9.48. The molecule has 2 fully saturated rings. The molecule has 3 aliphatic carbocycles. The third kappa shape index (κ3) is 5.05. The number of allylic oxidation sites excluding steroid dienone is 2. The van der Waals surface area contributed by atoms with Gasteiger partial charge in [0.15, 0.2) is 0 Å². The van der Waals surface area contributed by atoms with Crippen molar-refractivity contribution < 1.29 is 0 Å². The van der Waals surface area contributed by atoms with Gasteiger partial charge in [-0.2, -0.15) is 0 Å². The molecule has 0 spiro atoms. The first-order valence-electron chi connectivity index (χ1n) is 14.9. The van der Waals surface area contributed by atoms with E-state index in [9.17, 15) is 0 Å². The molecule has 32 heavy (non-hydrogen) atoms. The third-order valence-corrected chi connectivity index (χ3v) is 11.4. The van der Waals surface area contributed by atoms with Crippen LogP contribution in [0.1, 0.15) is 139 Å². The lowest BCUT2D eigenvalue weighted by Gasteiger charge is -2.57. The van der Waals surface area contributed by atoms with Gasteiger partial charge in [-0.25, -0.2) is 0 Å². The van der Waals surface area contributed by atoms with Gasteiger partial charge in [0.2, 0.25) is 0 Å². The topological polar surface area (TPSA) is 0 Å². The number of unbranched alkanes of at least 4 members (excludes halogenated alkanes) is 1. The van der Waals surface area contributed by atoms with E-state index in [4.69, 9.17) is 0 Å². The summed E-state index contributed by atoms with van der Waals surface area (Å²) in [6, 6.07) is 0. The molecule has 0 heterocycles. The molecule has 0 radical (unpaired) electrons. The second-order valence-corrected chi connectivity index (χ2v) is 13.4. The molecule has 8 unspecified atom stereocenters. The van der Waals surface area contributed by atoms with E-state index in [0.717, 1.165) is 41.4 Å². The van der Waals surface area contributed by atoms with Crippen LogP contribution in [0.25, 0.3) is 0 Å². The normalized spacial score (nSPS) is 38.8. The highest BCUT2D eigenvalue weighted by molar-refractivity contribution is 5.23. The zero-order chi connectivity index (χ0) is 23.5. The van der Waals surface area contributed by atoms with Gasteiger partial charge in [-0.15, -0.1) is 0 Å². The Hall–Kier alpha value is -0.260. The molecular formula is C32H58. The fourth-order valence-electron chi connectivity index (χ4n) is 8.95. The van der Waals surface area contributed by atoms with E-state index in [-0.39, 0.29) is 0 Å². The van der Waals surface area contributed by atoms with Crippen molar-refractivity contribution in [1.82, 2.24) is 0 Å². The van der Waals surface area contributed by atoms with E-state index in [1.807, 2.05) is 5.57 Å². The zero-order valence-corrected chi connectivity index (χ0v) is 23.3. The van der Waals surface area contributed by atoms with E-state index in [2.05, 4.69) is 61.5 Å². The lowest BCUT2D eigenvalue weighted by Crippen LogP contribution is -2.49. The van der Waals surface area contributed by atoms with Crippen molar-refractivity contribution in [3.8, 4) is 0 Å². The van der Waals surface area contributed by atoms with Gasteiger partial charge in [0.05, 0.1) is 0 Å². The Morgan fingerprint density at radius 1 is 0.906 bits per heavy atom. The second kappa shape index (κ2) is 11.0. The SMILES string of the molecule is CCC(C)CC1=CCC2C(CCC3(C)C(C(CC)CCCCC(C)C)CCC23)C1(C)CC. The smallest absolute Gasteiger partial charge is 0.00878 e. The second-order valence-electron chi connectivity index (χ2n) is 13.4. The van der Waals surface area contributed by atoms with Gasteiger partial charge in [0, 0.05) is 0 Å². The number of hydrogen-bond acceptors (Lipinski definition) is 0. The summed E-state index contributed by atoms with van der Waals surface area (Å²) in [4.78, 5) is 0. The first-order valence-corrected chi connectivity index (χ1v) is 14.9. The molecule has 0 aromatic rings. The molecule has 0 N–H and O–H groups in total. The molecule has 8 atom stereocenters. The largest absolute Gasteiger partial charge is 0.0845 e. The minimum Gasteiger partial charge on any atom is -0.0845 e. The maximum absolute atomic E-state index is 2.76. The number of rotatable bonds is 11. The molecule has 0 aromatic heterocycles. The van der Waals surface area contributed by atoms with Gasteiger partial charge in [0.1, 0.15) is 0 Å². The molecular weight excluding hydrogens is 384 g/mol. The summed E-state index contributed by atoms with van der Waals surface area (Å²) in [7, 11) is 0. The minimum absolute atomic E-state index is 0.465. The monoisotopic (exact) mass is 442 g/mol. The van der Waals surface area contributed by atoms with E-state index in [1.165, 1.54) is 83.5 Å². The average molecular weight is 443 g/mol. The van der Waals surface area contributed by atoms with Crippen LogP contribution in [0.2, 0.25) is 0 Å². The highest BCUT2D eigenvalue weighted by Crippen LogP contribution is 2.66.